The number of hydrogen-bond acceptors (Lipinski definition) is 0. The normalized spacial score (nSPS) is 12.6. The highest BCUT2D eigenvalue weighted by Gasteiger charge is 2.16. The van der Waals surface area contributed by atoms with Crippen molar-refractivity contribution in [3.8, 4) is 0 Å². The molecule has 0 saturated heterocycles. The van der Waals surface area contributed by atoms with E-state index in [0.29, 0.717) is 0 Å². The van der Waals surface area contributed by atoms with Crippen LogP contribution in [0.1, 0.15) is 22.1 Å². The fourth-order valence-corrected chi connectivity index (χ4v) is 3.26. The molecule has 0 fully saturated rings. The van der Waals surface area contributed by atoms with Gasteiger partial charge in [-0.3, -0.25) is 0 Å². The van der Waals surface area contributed by atoms with E-state index in [1.54, 1.807) is 0 Å². The largest absolute Gasteiger partial charge is 0.113 e. The van der Waals surface area contributed by atoms with Gasteiger partial charge in [0.15, 0.2) is 0 Å². The van der Waals surface area contributed by atoms with E-state index < -0.39 is 0 Å². The third kappa shape index (κ3) is 2.42. The maximum Gasteiger partial charge on any atom is 0.0855 e. The number of fused-ring (bicyclic) bond motifs is 1. The van der Waals surface area contributed by atoms with E-state index in [9.17, 15) is 0 Å². The van der Waals surface area contributed by atoms with Crippen LogP contribution in [-0.4, -0.2) is 0 Å². The minimum atomic E-state index is -0.241. The topological polar surface area (TPSA) is 0 Å². The molecule has 100 valence electrons. The molecular formula is C18H14Cl2. The highest BCUT2D eigenvalue weighted by Crippen LogP contribution is 2.37. The van der Waals surface area contributed by atoms with Gasteiger partial charge < -0.3 is 0 Å². The molecule has 0 amide bonds. The van der Waals surface area contributed by atoms with Crippen LogP contribution < -0.4 is 0 Å². The first-order valence-electron chi connectivity index (χ1n) is 6.54. The average Bonchev–Trinajstić information content (AvgIpc) is 2.46. The van der Waals surface area contributed by atoms with Gasteiger partial charge in [0, 0.05) is 5.02 Å². The maximum atomic E-state index is 6.68. The smallest absolute Gasteiger partial charge is 0.0855 e. The van der Waals surface area contributed by atoms with Gasteiger partial charge in [-0.2, -0.15) is 0 Å². The molecule has 3 rings (SSSR count). The Balaban J connectivity index is 2.15. The predicted octanol–water partition coefficient (Wildman–Crippen LogP) is 6.13. The van der Waals surface area contributed by atoms with E-state index in [-0.39, 0.29) is 5.38 Å². The van der Waals surface area contributed by atoms with Crippen molar-refractivity contribution in [3.63, 3.8) is 0 Å². The van der Waals surface area contributed by atoms with Crippen LogP contribution in [0.2, 0.25) is 5.02 Å². The minimum absolute atomic E-state index is 0.241. The van der Waals surface area contributed by atoms with Crippen LogP contribution in [0.15, 0.2) is 60.7 Å². The molecule has 20 heavy (non-hydrogen) atoms. The van der Waals surface area contributed by atoms with Crippen molar-refractivity contribution in [1.29, 1.82) is 0 Å². The summed E-state index contributed by atoms with van der Waals surface area (Å²) < 4.78 is 0. The monoisotopic (exact) mass is 300 g/mol. The van der Waals surface area contributed by atoms with Gasteiger partial charge in [-0.05, 0) is 40.5 Å². The van der Waals surface area contributed by atoms with Crippen molar-refractivity contribution in [2.24, 2.45) is 0 Å². The summed E-state index contributed by atoms with van der Waals surface area (Å²) >= 11 is 13.0. The van der Waals surface area contributed by atoms with Crippen molar-refractivity contribution < 1.29 is 0 Å². The van der Waals surface area contributed by atoms with Crippen LogP contribution in [0, 0.1) is 6.92 Å². The lowest BCUT2D eigenvalue weighted by Gasteiger charge is -2.15. The van der Waals surface area contributed by atoms with Crippen molar-refractivity contribution in [2.75, 3.05) is 0 Å². The van der Waals surface area contributed by atoms with Crippen molar-refractivity contribution in [3.05, 3.63) is 82.4 Å². The van der Waals surface area contributed by atoms with Crippen molar-refractivity contribution >= 4 is 34.0 Å². The third-order valence-electron chi connectivity index (χ3n) is 3.53. The van der Waals surface area contributed by atoms with E-state index in [1.165, 1.54) is 10.8 Å². The zero-order valence-electron chi connectivity index (χ0n) is 11.1. The quantitative estimate of drug-likeness (QED) is 0.499. The summed E-state index contributed by atoms with van der Waals surface area (Å²) in [4.78, 5) is 0. The first-order chi connectivity index (χ1) is 9.66. The lowest BCUT2D eigenvalue weighted by molar-refractivity contribution is 1.15. The second-order valence-corrected chi connectivity index (χ2v) is 5.80. The van der Waals surface area contributed by atoms with Crippen molar-refractivity contribution in [1.82, 2.24) is 0 Å². The molecule has 0 saturated carbocycles. The number of alkyl halides is 1. The number of aryl methyl sites for hydroxylation is 1. The molecule has 0 aromatic heterocycles. The molecule has 0 nitrogen and oxygen atoms in total. The Bertz CT molecular complexity index is 757. The number of rotatable bonds is 2. The molecule has 3 aromatic rings. The van der Waals surface area contributed by atoms with Crippen LogP contribution in [-0.2, 0) is 0 Å². The minimum Gasteiger partial charge on any atom is -0.113 e. The Morgan fingerprint density at radius 1 is 0.850 bits per heavy atom. The molecule has 1 unspecified atom stereocenters. The van der Waals surface area contributed by atoms with Gasteiger partial charge in [0.05, 0.1) is 5.38 Å². The Morgan fingerprint density at radius 3 is 2.40 bits per heavy atom. The highest BCUT2D eigenvalue weighted by atomic mass is 35.5. The molecule has 2 heteroatoms. The van der Waals surface area contributed by atoms with E-state index in [1.807, 2.05) is 43.3 Å². The fraction of sp³-hybridized carbons (Fsp3) is 0.111. The lowest BCUT2D eigenvalue weighted by Crippen LogP contribution is -1.96. The van der Waals surface area contributed by atoms with Gasteiger partial charge in [0.2, 0.25) is 0 Å². The first-order valence-corrected chi connectivity index (χ1v) is 7.36. The molecule has 1 atom stereocenters. The molecule has 0 aliphatic heterocycles. The SMILES string of the molecule is Cc1ccc(C(Cl)c2cccc3ccccc23)c(Cl)c1. The second-order valence-electron chi connectivity index (χ2n) is 4.96. The van der Waals surface area contributed by atoms with Crippen molar-refractivity contribution in [2.45, 2.75) is 12.3 Å². The van der Waals surface area contributed by atoms with E-state index in [4.69, 9.17) is 23.2 Å². The predicted molar refractivity (Wildman–Crippen MR) is 87.8 cm³/mol. The molecule has 0 N–H and O–H groups in total. The lowest BCUT2D eigenvalue weighted by atomic mass is 9.97. The van der Waals surface area contributed by atoms with Crippen LogP contribution >= 0.6 is 23.2 Å². The fourth-order valence-electron chi connectivity index (χ4n) is 2.48. The molecule has 0 aliphatic rings. The summed E-state index contributed by atoms with van der Waals surface area (Å²) in [6, 6.07) is 20.5. The molecule has 0 aliphatic carbocycles. The van der Waals surface area contributed by atoms with Crippen LogP contribution in [0.25, 0.3) is 10.8 Å². The van der Waals surface area contributed by atoms with Crippen LogP contribution in [0.4, 0.5) is 0 Å². The molecule has 3 aromatic carbocycles. The summed E-state index contributed by atoms with van der Waals surface area (Å²) in [5.74, 6) is 0. The van der Waals surface area contributed by atoms with E-state index in [2.05, 4.69) is 24.3 Å². The molecular weight excluding hydrogens is 287 g/mol. The average molecular weight is 301 g/mol. The van der Waals surface area contributed by atoms with Gasteiger partial charge >= 0.3 is 0 Å². The van der Waals surface area contributed by atoms with Gasteiger partial charge in [0.25, 0.3) is 0 Å². The molecule has 0 spiro atoms. The summed E-state index contributed by atoms with van der Waals surface area (Å²) in [6.07, 6.45) is 0. The Kier molecular flexibility index (Phi) is 3.69. The summed E-state index contributed by atoms with van der Waals surface area (Å²) in [6.45, 7) is 2.02. The second kappa shape index (κ2) is 5.47. The third-order valence-corrected chi connectivity index (χ3v) is 4.32. The van der Waals surface area contributed by atoms with Crippen LogP contribution in [0.5, 0.6) is 0 Å². The van der Waals surface area contributed by atoms with E-state index >= 15 is 0 Å². The number of halogens is 2. The Hall–Kier alpha value is -1.50. The van der Waals surface area contributed by atoms with Crippen LogP contribution in [0.3, 0.4) is 0 Å². The zero-order chi connectivity index (χ0) is 14.1. The number of hydrogen-bond donors (Lipinski definition) is 0. The van der Waals surface area contributed by atoms with Gasteiger partial charge in [-0.25, -0.2) is 0 Å². The Morgan fingerprint density at radius 2 is 1.60 bits per heavy atom. The standard InChI is InChI=1S/C18H14Cl2/c1-12-9-10-16(17(19)11-12)18(20)15-8-4-6-13-5-2-3-7-14(13)15/h2-11,18H,1H3. The van der Waals surface area contributed by atoms with Gasteiger partial charge in [-0.1, -0.05) is 66.2 Å². The summed E-state index contributed by atoms with van der Waals surface area (Å²) in [5, 5.41) is 2.85. The molecule has 0 radical (unpaired) electrons. The maximum absolute atomic E-state index is 6.68. The summed E-state index contributed by atoms with van der Waals surface area (Å²) in [7, 11) is 0. The molecule has 0 bridgehead atoms. The summed E-state index contributed by atoms with van der Waals surface area (Å²) in [5.41, 5.74) is 3.19. The zero-order valence-corrected chi connectivity index (χ0v) is 12.6. The van der Waals surface area contributed by atoms with Gasteiger partial charge in [-0.15, -0.1) is 11.6 Å². The first kappa shape index (κ1) is 13.5. The van der Waals surface area contributed by atoms with E-state index in [0.717, 1.165) is 21.7 Å². The Labute approximate surface area is 129 Å². The molecule has 0 heterocycles. The number of benzene rings is 3. The highest BCUT2D eigenvalue weighted by molar-refractivity contribution is 6.33. The van der Waals surface area contributed by atoms with Gasteiger partial charge in [0.1, 0.15) is 0 Å².